The fourth-order valence-electron chi connectivity index (χ4n) is 2.52. The van der Waals surface area contributed by atoms with Gasteiger partial charge in [0.2, 0.25) is 0 Å². The molecule has 0 unspecified atom stereocenters. The number of halogens is 1. The Morgan fingerprint density at radius 3 is 2.58 bits per heavy atom. The minimum absolute atomic E-state index is 0.00592. The Labute approximate surface area is 140 Å². The van der Waals surface area contributed by atoms with Crippen LogP contribution in [0.25, 0.3) is 0 Å². The Kier molecular flexibility index (Phi) is 6.30. The van der Waals surface area contributed by atoms with Gasteiger partial charge in [-0.3, -0.25) is 9.59 Å². The maximum atomic E-state index is 12.7. The van der Waals surface area contributed by atoms with E-state index in [9.17, 15) is 22.4 Å². The standard InChI is InChI=1S/C16H20FNO5S/c17-14-3-1-12(2-4-14)5-7-18-15(19)10-23-16(20)9-13-6-8-24(21,22)11-13/h1-4,13H,5-11H2,(H,18,19)/t13-/m1/s1. The summed E-state index contributed by atoms with van der Waals surface area (Å²) in [6, 6.07) is 5.97. The van der Waals surface area contributed by atoms with E-state index >= 15 is 0 Å². The number of amides is 1. The second-order valence-electron chi connectivity index (χ2n) is 5.86. The molecule has 1 amide bonds. The van der Waals surface area contributed by atoms with E-state index in [-0.39, 0.29) is 36.3 Å². The predicted octanol–water partition coefficient (Wildman–Crippen LogP) is 0.852. The van der Waals surface area contributed by atoms with Crippen LogP contribution in [0, 0.1) is 11.7 Å². The van der Waals surface area contributed by atoms with Crippen LogP contribution < -0.4 is 5.32 Å². The highest BCUT2D eigenvalue weighted by molar-refractivity contribution is 7.91. The normalized spacial score (nSPS) is 19.0. The van der Waals surface area contributed by atoms with Crippen molar-refractivity contribution in [3.05, 3.63) is 35.6 Å². The summed E-state index contributed by atoms with van der Waals surface area (Å²) in [6.07, 6.45) is 1.02. The number of sulfone groups is 1. The van der Waals surface area contributed by atoms with Crippen LogP contribution in [0.3, 0.4) is 0 Å². The van der Waals surface area contributed by atoms with E-state index in [1.54, 1.807) is 12.1 Å². The smallest absolute Gasteiger partial charge is 0.306 e. The summed E-state index contributed by atoms with van der Waals surface area (Å²) in [6.45, 7) is -0.0371. The zero-order valence-corrected chi connectivity index (χ0v) is 14.0. The molecule has 1 fully saturated rings. The van der Waals surface area contributed by atoms with Gasteiger partial charge in [0.15, 0.2) is 16.4 Å². The quantitative estimate of drug-likeness (QED) is 0.731. The fraction of sp³-hybridized carbons (Fsp3) is 0.500. The Bertz CT molecular complexity index is 687. The Hall–Kier alpha value is -1.96. The molecular weight excluding hydrogens is 337 g/mol. The zero-order valence-electron chi connectivity index (χ0n) is 13.2. The van der Waals surface area contributed by atoms with E-state index in [0.29, 0.717) is 19.4 Å². The maximum Gasteiger partial charge on any atom is 0.306 e. The van der Waals surface area contributed by atoms with Crippen molar-refractivity contribution in [2.45, 2.75) is 19.3 Å². The Balaban J connectivity index is 1.60. The van der Waals surface area contributed by atoms with Crippen molar-refractivity contribution in [1.82, 2.24) is 5.32 Å². The average Bonchev–Trinajstić information content (AvgIpc) is 2.86. The third-order valence-electron chi connectivity index (χ3n) is 3.80. The number of ether oxygens (including phenoxy) is 1. The van der Waals surface area contributed by atoms with Gasteiger partial charge in [0.25, 0.3) is 5.91 Å². The van der Waals surface area contributed by atoms with Crippen LogP contribution in [0.5, 0.6) is 0 Å². The molecule has 0 spiro atoms. The molecule has 1 N–H and O–H groups in total. The molecule has 0 saturated carbocycles. The SMILES string of the molecule is O=C(COC(=O)C[C@H]1CCS(=O)(=O)C1)NCCc1ccc(F)cc1. The van der Waals surface area contributed by atoms with Gasteiger partial charge in [0.1, 0.15) is 5.82 Å². The lowest BCUT2D eigenvalue weighted by atomic mass is 10.1. The van der Waals surface area contributed by atoms with E-state index < -0.39 is 21.7 Å². The van der Waals surface area contributed by atoms with Crippen molar-refractivity contribution in [2.24, 2.45) is 5.92 Å². The summed E-state index contributed by atoms with van der Waals surface area (Å²) >= 11 is 0. The number of hydrogen-bond acceptors (Lipinski definition) is 5. The van der Waals surface area contributed by atoms with Crippen LogP contribution in [0.2, 0.25) is 0 Å². The third kappa shape index (κ3) is 6.27. The van der Waals surface area contributed by atoms with Crippen LogP contribution >= 0.6 is 0 Å². The third-order valence-corrected chi connectivity index (χ3v) is 5.63. The first-order valence-electron chi connectivity index (χ1n) is 7.71. The summed E-state index contributed by atoms with van der Waals surface area (Å²) < 4.78 is 40.2. The highest BCUT2D eigenvalue weighted by atomic mass is 32.2. The Morgan fingerprint density at radius 1 is 1.25 bits per heavy atom. The maximum absolute atomic E-state index is 12.7. The molecule has 1 saturated heterocycles. The van der Waals surface area contributed by atoms with Crippen molar-refractivity contribution >= 4 is 21.7 Å². The lowest BCUT2D eigenvalue weighted by molar-refractivity contribution is -0.149. The fourth-order valence-corrected chi connectivity index (χ4v) is 4.38. The molecule has 1 atom stereocenters. The number of carbonyl (C=O) groups is 2. The number of carbonyl (C=O) groups excluding carboxylic acids is 2. The lowest BCUT2D eigenvalue weighted by Gasteiger charge is -2.09. The van der Waals surface area contributed by atoms with E-state index in [0.717, 1.165) is 5.56 Å². The first kappa shape index (κ1) is 18.4. The molecule has 8 heteroatoms. The monoisotopic (exact) mass is 357 g/mol. The van der Waals surface area contributed by atoms with Crippen LogP contribution in [0.1, 0.15) is 18.4 Å². The summed E-state index contributed by atoms with van der Waals surface area (Å²) in [5.41, 5.74) is 0.885. The van der Waals surface area contributed by atoms with Crippen molar-refractivity contribution in [3.8, 4) is 0 Å². The number of hydrogen-bond donors (Lipinski definition) is 1. The van der Waals surface area contributed by atoms with E-state index in [1.807, 2.05) is 0 Å². The molecule has 0 bridgehead atoms. The second-order valence-corrected chi connectivity index (χ2v) is 8.09. The molecule has 1 heterocycles. The van der Waals surface area contributed by atoms with Gasteiger partial charge in [0, 0.05) is 13.0 Å². The minimum Gasteiger partial charge on any atom is -0.456 e. The van der Waals surface area contributed by atoms with Crippen LogP contribution in [-0.2, 0) is 30.6 Å². The first-order chi connectivity index (χ1) is 11.3. The minimum atomic E-state index is -3.02. The van der Waals surface area contributed by atoms with Crippen molar-refractivity contribution < 1.29 is 27.1 Å². The molecule has 1 aliphatic rings. The molecular formula is C16H20FNO5S. The molecule has 0 radical (unpaired) electrons. The molecule has 24 heavy (non-hydrogen) atoms. The largest absolute Gasteiger partial charge is 0.456 e. The molecule has 1 aliphatic heterocycles. The average molecular weight is 357 g/mol. The number of rotatable bonds is 7. The predicted molar refractivity (Wildman–Crippen MR) is 85.5 cm³/mol. The van der Waals surface area contributed by atoms with Gasteiger partial charge in [-0.1, -0.05) is 12.1 Å². The molecule has 0 aromatic heterocycles. The molecule has 0 aliphatic carbocycles. The summed E-state index contributed by atoms with van der Waals surface area (Å²) in [7, 11) is -3.02. The van der Waals surface area contributed by atoms with Gasteiger partial charge in [-0.2, -0.15) is 0 Å². The van der Waals surface area contributed by atoms with Gasteiger partial charge < -0.3 is 10.1 Å². The van der Waals surface area contributed by atoms with Crippen molar-refractivity contribution in [2.75, 3.05) is 24.7 Å². The van der Waals surface area contributed by atoms with Crippen LogP contribution in [0.4, 0.5) is 4.39 Å². The lowest BCUT2D eigenvalue weighted by Crippen LogP contribution is -2.30. The van der Waals surface area contributed by atoms with Gasteiger partial charge >= 0.3 is 5.97 Å². The van der Waals surface area contributed by atoms with E-state index in [4.69, 9.17) is 4.74 Å². The van der Waals surface area contributed by atoms with Crippen LogP contribution in [0.15, 0.2) is 24.3 Å². The zero-order chi connectivity index (χ0) is 17.6. The molecule has 6 nitrogen and oxygen atoms in total. The van der Waals surface area contributed by atoms with Gasteiger partial charge in [0.05, 0.1) is 11.5 Å². The van der Waals surface area contributed by atoms with Gasteiger partial charge in [-0.15, -0.1) is 0 Å². The molecule has 1 aromatic carbocycles. The molecule has 2 rings (SSSR count). The molecule has 1 aromatic rings. The van der Waals surface area contributed by atoms with E-state index in [2.05, 4.69) is 5.32 Å². The van der Waals surface area contributed by atoms with Crippen molar-refractivity contribution in [3.63, 3.8) is 0 Å². The van der Waals surface area contributed by atoms with E-state index in [1.165, 1.54) is 12.1 Å². The highest BCUT2D eigenvalue weighted by Gasteiger charge is 2.29. The summed E-state index contributed by atoms with van der Waals surface area (Å²) in [5, 5.41) is 2.60. The highest BCUT2D eigenvalue weighted by Crippen LogP contribution is 2.21. The topological polar surface area (TPSA) is 89.5 Å². The first-order valence-corrected chi connectivity index (χ1v) is 9.53. The Morgan fingerprint density at radius 2 is 1.96 bits per heavy atom. The summed E-state index contributed by atoms with van der Waals surface area (Å²) in [5.74, 6) is -1.41. The number of benzene rings is 1. The van der Waals surface area contributed by atoms with Gasteiger partial charge in [-0.05, 0) is 36.5 Å². The van der Waals surface area contributed by atoms with Gasteiger partial charge in [-0.25, -0.2) is 12.8 Å². The second kappa shape index (κ2) is 8.23. The van der Waals surface area contributed by atoms with Crippen molar-refractivity contribution in [1.29, 1.82) is 0 Å². The van der Waals surface area contributed by atoms with Crippen LogP contribution in [-0.4, -0.2) is 45.0 Å². The number of esters is 1. The number of nitrogens with one attached hydrogen (secondary N) is 1. The molecule has 132 valence electrons. The summed E-state index contributed by atoms with van der Waals surface area (Å²) in [4.78, 5) is 23.2.